The molecule has 4 aromatic rings. The van der Waals surface area contributed by atoms with Crippen LogP contribution in [0.1, 0.15) is 35.7 Å². The Morgan fingerprint density at radius 3 is 2.86 bits per heavy atom. The summed E-state index contributed by atoms with van der Waals surface area (Å²) in [6.07, 6.45) is 4.94. The lowest BCUT2D eigenvalue weighted by molar-refractivity contribution is 0.0539. The van der Waals surface area contributed by atoms with Gasteiger partial charge in [0.1, 0.15) is 11.3 Å². The van der Waals surface area contributed by atoms with Gasteiger partial charge in [-0.2, -0.15) is 4.98 Å². The Balaban J connectivity index is 1.44. The first kappa shape index (κ1) is 23.2. The molecule has 0 bridgehead atoms. The van der Waals surface area contributed by atoms with Crippen LogP contribution in [0.25, 0.3) is 22.5 Å². The summed E-state index contributed by atoms with van der Waals surface area (Å²) in [5.41, 5.74) is 2.12. The normalized spacial score (nSPS) is 18.1. The molecule has 1 aliphatic rings. The van der Waals surface area contributed by atoms with E-state index in [1.165, 1.54) is 0 Å². The van der Waals surface area contributed by atoms with Crippen LogP contribution in [-0.4, -0.2) is 44.9 Å². The second kappa shape index (κ2) is 9.62. The highest BCUT2D eigenvalue weighted by atomic mass is 35.5. The first-order valence-electron chi connectivity index (χ1n) is 11.6. The highest BCUT2D eigenvalue weighted by Crippen LogP contribution is 2.31. The number of likely N-dealkylation sites (tertiary alicyclic amines) is 1. The van der Waals surface area contributed by atoms with Crippen molar-refractivity contribution in [3.63, 3.8) is 0 Å². The predicted molar refractivity (Wildman–Crippen MR) is 133 cm³/mol. The molecule has 3 heterocycles. The van der Waals surface area contributed by atoms with Crippen LogP contribution in [0.3, 0.4) is 0 Å². The van der Waals surface area contributed by atoms with E-state index in [4.69, 9.17) is 16.0 Å². The number of oxazole rings is 1. The Morgan fingerprint density at radius 1 is 1.26 bits per heavy atom. The Morgan fingerprint density at radius 2 is 2.06 bits per heavy atom. The van der Waals surface area contributed by atoms with Gasteiger partial charge in [0.25, 0.3) is 11.9 Å². The van der Waals surface area contributed by atoms with Gasteiger partial charge in [-0.1, -0.05) is 24.6 Å². The molecule has 7 nitrogen and oxygen atoms in total. The van der Waals surface area contributed by atoms with Gasteiger partial charge in [-0.3, -0.25) is 4.79 Å². The lowest BCUT2D eigenvalue weighted by atomic mass is 9.89. The Labute approximate surface area is 207 Å². The van der Waals surface area contributed by atoms with Gasteiger partial charge in [0.15, 0.2) is 11.4 Å². The standard InChI is InChI=1S/C26H25ClFN5O2/c1-15-5-3-12-33(20(15)14-31-26-32-19-13-17(27)7-9-21(19)35-26)25(34)18-8-6-16(2)23(28)22(18)24-29-10-4-11-30-24/h4,6-11,13,15,20H,3,5,12,14H2,1-2H3,(H,31,32)/t15-,20-/m1/s1. The van der Waals surface area contributed by atoms with Gasteiger partial charge >= 0.3 is 0 Å². The van der Waals surface area contributed by atoms with E-state index >= 15 is 4.39 Å². The van der Waals surface area contributed by atoms with E-state index in [0.717, 1.165) is 12.8 Å². The minimum atomic E-state index is -0.480. The number of aryl methyl sites for hydroxylation is 1. The summed E-state index contributed by atoms with van der Waals surface area (Å²) in [5, 5.41) is 3.83. The fourth-order valence-electron chi connectivity index (χ4n) is 4.64. The SMILES string of the molecule is Cc1ccc(C(=O)N2CCC[C@@H](C)[C@H]2CNc2nc3cc(Cl)ccc3o2)c(-c2ncccn2)c1F. The number of fused-ring (bicyclic) bond motifs is 1. The van der Waals surface area contributed by atoms with Crippen LogP contribution in [0.5, 0.6) is 0 Å². The molecule has 1 fully saturated rings. The predicted octanol–water partition coefficient (Wildman–Crippen LogP) is 5.74. The zero-order valence-corrected chi connectivity index (χ0v) is 20.2. The highest BCUT2D eigenvalue weighted by Gasteiger charge is 2.34. The number of nitrogens with zero attached hydrogens (tertiary/aromatic N) is 4. The third kappa shape index (κ3) is 4.58. The number of aromatic nitrogens is 3. The fourth-order valence-corrected chi connectivity index (χ4v) is 4.81. The van der Waals surface area contributed by atoms with Crippen molar-refractivity contribution in [1.29, 1.82) is 0 Å². The molecule has 2 atom stereocenters. The number of anilines is 1. The van der Waals surface area contributed by atoms with Crippen molar-refractivity contribution in [2.45, 2.75) is 32.7 Å². The smallest absolute Gasteiger partial charge is 0.295 e. The summed E-state index contributed by atoms with van der Waals surface area (Å²) in [4.78, 5) is 28.5. The number of carbonyl (C=O) groups is 1. The number of benzene rings is 2. The van der Waals surface area contributed by atoms with E-state index in [-0.39, 0.29) is 34.8 Å². The second-order valence-corrected chi connectivity index (χ2v) is 9.33. The van der Waals surface area contributed by atoms with Crippen molar-refractivity contribution >= 4 is 34.6 Å². The fraction of sp³-hybridized carbons (Fsp3) is 0.308. The first-order chi connectivity index (χ1) is 16.9. The third-order valence-electron chi connectivity index (χ3n) is 6.54. The molecular weight excluding hydrogens is 469 g/mol. The Bertz CT molecular complexity index is 1380. The van der Waals surface area contributed by atoms with Crippen LogP contribution in [0.15, 0.2) is 53.2 Å². The zero-order valence-electron chi connectivity index (χ0n) is 19.5. The molecule has 0 aliphatic carbocycles. The number of rotatable bonds is 5. The van der Waals surface area contributed by atoms with Gasteiger partial charge in [0.2, 0.25) is 0 Å². The number of amides is 1. The molecule has 35 heavy (non-hydrogen) atoms. The second-order valence-electron chi connectivity index (χ2n) is 8.89. The third-order valence-corrected chi connectivity index (χ3v) is 6.78. The van der Waals surface area contributed by atoms with Crippen molar-refractivity contribution in [1.82, 2.24) is 19.9 Å². The van der Waals surface area contributed by atoms with Crippen molar-refractivity contribution in [3.05, 3.63) is 70.8 Å². The molecule has 1 N–H and O–H groups in total. The molecule has 2 aromatic heterocycles. The zero-order chi connectivity index (χ0) is 24.5. The van der Waals surface area contributed by atoms with Crippen LogP contribution in [0, 0.1) is 18.7 Å². The van der Waals surface area contributed by atoms with Crippen molar-refractivity contribution < 1.29 is 13.6 Å². The van der Waals surface area contributed by atoms with Gasteiger partial charge in [-0.05, 0) is 61.6 Å². The molecule has 0 spiro atoms. The van der Waals surface area contributed by atoms with E-state index < -0.39 is 5.82 Å². The maximum Gasteiger partial charge on any atom is 0.295 e. The Kier molecular flexibility index (Phi) is 6.38. The van der Waals surface area contributed by atoms with Gasteiger partial charge in [0.05, 0.1) is 17.2 Å². The summed E-state index contributed by atoms with van der Waals surface area (Å²) < 4.78 is 21.0. The molecule has 1 amide bonds. The van der Waals surface area contributed by atoms with E-state index in [1.807, 2.05) is 4.90 Å². The molecule has 1 aliphatic heterocycles. The number of carbonyl (C=O) groups excluding carboxylic acids is 1. The van der Waals surface area contributed by atoms with Crippen molar-refractivity contribution in [3.8, 4) is 11.4 Å². The first-order valence-corrected chi connectivity index (χ1v) is 12.0. The minimum Gasteiger partial charge on any atom is -0.424 e. The van der Waals surface area contributed by atoms with Crippen LogP contribution in [0.4, 0.5) is 10.4 Å². The van der Waals surface area contributed by atoms with Crippen molar-refractivity contribution in [2.24, 2.45) is 5.92 Å². The van der Waals surface area contributed by atoms with Gasteiger partial charge in [0, 0.05) is 30.5 Å². The monoisotopic (exact) mass is 493 g/mol. The summed E-state index contributed by atoms with van der Waals surface area (Å²) in [7, 11) is 0. The number of nitrogens with one attached hydrogen (secondary N) is 1. The van der Waals surface area contributed by atoms with E-state index in [0.29, 0.717) is 40.8 Å². The summed E-state index contributed by atoms with van der Waals surface area (Å²) in [6, 6.07) is 10.4. The number of halogens is 2. The molecule has 0 saturated carbocycles. The van der Waals surface area contributed by atoms with Gasteiger partial charge in [-0.15, -0.1) is 0 Å². The van der Waals surface area contributed by atoms with Crippen LogP contribution in [0.2, 0.25) is 5.02 Å². The molecule has 0 radical (unpaired) electrons. The molecule has 2 aromatic carbocycles. The lowest BCUT2D eigenvalue weighted by Gasteiger charge is -2.40. The average Bonchev–Trinajstić information content (AvgIpc) is 3.26. The average molecular weight is 494 g/mol. The maximum atomic E-state index is 15.3. The van der Waals surface area contributed by atoms with E-state index in [2.05, 4.69) is 27.2 Å². The molecule has 5 rings (SSSR count). The largest absolute Gasteiger partial charge is 0.424 e. The summed E-state index contributed by atoms with van der Waals surface area (Å²) in [6.45, 7) is 4.80. The summed E-state index contributed by atoms with van der Waals surface area (Å²) >= 11 is 6.05. The number of hydrogen-bond donors (Lipinski definition) is 1. The van der Waals surface area contributed by atoms with Gasteiger partial charge < -0.3 is 14.6 Å². The van der Waals surface area contributed by atoms with Crippen LogP contribution >= 0.6 is 11.6 Å². The molecule has 180 valence electrons. The quantitative estimate of drug-likeness (QED) is 0.381. The van der Waals surface area contributed by atoms with Crippen LogP contribution < -0.4 is 5.32 Å². The number of hydrogen-bond acceptors (Lipinski definition) is 6. The van der Waals surface area contributed by atoms with Crippen LogP contribution in [-0.2, 0) is 0 Å². The van der Waals surface area contributed by atoms with Crippen molar-refractivity contribution in [2.75, 3.05) is 18.4 Å². The van der Waals surface area contributed by atoms with Gasteiger partial charge in [-0.25, -0.2) is 14.4 Å². The van der Waals surface area contributed by atoms with E-state index in [1.54, 1.807) is 55.7 Å². The Hall–Kier alpha value is -3.52. The molecule has 9 heteroatoms. The maximum absolute atomic E-state index is 15.3. The summed E-state index contributed by atoms with van der Waals surface area (Å²) in [5.74, 6) is -0.298. The molecule has 1 saturated heterocycles. The topological polar surface area (TPSA) is 84.2 Å². The van der Waals surface area contributed by atoms with E-state index in [9.17, 15) is 4.79 Å². The lowest BCUT2D eigenvalue weighted by Crippen LogP contribution is -2.51. The molecular formula is C26H25ClFN5O2. The minimum absolute atomic E-state index is 0.135. The molecule has 0 unspecified atom stereocenters. The number of piperidine rings is 1. The highest BCUT2D eigenvalue weighted by molar-refractivity contribution is 6.31.